The summed E-state index contributed by atoms with van der Waals surface area (Å²) in [6.07, 6.45) is 2.58. The van der Waals surface area contributed by atoms with Gasteiger partial charge in [0.05, 0.1) is 12.0 Å². The summed E-state index contributed by atoms with van der Waals surface area (Å²) >= 11 is 0. The molecule has 1 heterocycles. The van der Waals surface area contributed by atoms with Gasteiger partial charge in [-0.3, -0.25) is 4.79 Å². The van der Waals surface area contributed by atoms with Gasteiger partial charge in [-0.15, -0.1) is 0 Å². The second-order valence-electron chi connectivity index (χ2n) is 7.41. The number of sulfonamides is 1. The van der Waals surface area contributed by atoms with Crippen molar-refractivity contribution >= 4 is 15.9 Å². The monoisotopic (exact) mass is 416 g/mol. The summed E-state index contributed by atoms with van der Waals surface area (Å²) < 4.78 is 32.9. The number of nitrogens with one attached hydrogen (secondary N) is 1. The highest BCUT2D eigenvalue weighted by molar-refractivity contribution is 7.89. The Morgan fingerprint density at radius 2 is 1.79 bits per heavy atom. The van der Waals surface area contributed by atoms with Crippen molar-refractivity contribution in [3.8, 4) is 5.75 Å². The van der Waals surface area contributed by atoms with Gasteiger partial charge in [-0.05, 0) is 49.6 Å². The van der Waals surface area contributed by atoms with E-state index in [0.29, 0.717) is 25.3 Å². The average molecular weight is 417 g/mol. The van der Waals surface area contributed by atoms with E-state index < -0.39 is 10.0 Å². The Hall–Kier alpha value is -2.38. The molecule has 1 fully saturated rings. The number of benzene rings is 2. The summed E-state index contributed by atoms with van der Waals surface area (Å²) in [5.74, 6) is 0.474. The number of carbonyl (C=O) groups is 1. The van der Waals surface area contributed by atoms with Crippen molar-refractivity contribution in [1.82, 2.24) is 9.62 Å². The average Bonchev–Trinajstić information content (AvgIpc) is 2.73. The van der Waals surface area contributed by atoms with Crippen molar-refractivity contribution in [2.24, 2.45) is 0 Å². The van der Waals surface area contributed by atoms with Crippen LogP contribution in [0.4, 0.5) is 0 Å². The van der Waals surface area contributed by atoms with Gasteiger partial charge >= 0.3 is 0 Å². The van der Waals surface area contributed by atoms with Gasteiger partial charge in [0.15, 0.2) is 0 Å². The van der Waals surface area contributed by atoms with Gasteiger partial charge < -0.3 is 10.1 Å². The van der Waals surface area contributed by atoms with E-state index >= 15 is 0 Å². The smallest absolute Gasteiger partial charge is 0.243 e. The SMILES string of the molecule is COc1ccc(S(=O)(=O)N2CCCC[C@@H]2CC(=O)NCc2ccc(C)cc2)cc1. The number of amides is 1. The van der Waals surface area contributed by atoms with Gasteiger partial charge in [-0.25, -0.2) is 8.42 Å². The number of hydrogen-bond acceptors (Lipinski definition) is 4. The highest BCUT2D eigenvalue weighted by Crippen LogP contribution is 2.28. The molecule has 0 saturated carbocycles. The number of hydrogen-bond donors (Lipinski definition) is 1. The lowest BCUT2D eigenvalue weighted by Gasteiger charge is -2.34. The van der Waals surface area contributed by atoms with Crippen molar-refractivity contribution in [1.29, 1.82) is 0 Å². The maximum atomic E-state index is 13.1. The zero-order valence-corrected chi connectivity index (χ0v) is 17.7. The van der Waals surface area contributed by atoms with Crippen molar-refractivity contribution in [2.75, 3.05) is 13.7 Å². The van der Waals surface area contributed by atoms with E-state index in [1.807, 2.05) is 31.2 Å². The summed E-state index contributed by atoms with van der Waals surface area (Å²) in [6.45, 7) is 2.89. The first-order valence-electron chi connectivity index (χ1n) is 9.88. The quantitative estimate of drug-likeness (QED) is 0.752. The molecule has 2 aromatic rings. The fraction of sp³-hybridized carbons (Fsp3) is 0.409. The van der Waals surface area contributed by atoms with Crippen LogP contribution in [0.15, 0.2) is 53.4 Å². The molecule has 0 aliphatic carbocycles. The largest absolute Gasteiger partial charge is 0.497 e. The minimum absolute atomic E-state index is 0.132. The number of nitrogens with zero attached hydrogens (tertiary/aromatic N) is 1. The van der Waals surface area contributed by atoms with Crippen LogP contribution in [0, 0.1) is 6.92 Å². The first kappa shape index (κ1) is 21.3. The predicted molar refractivity (Wildman–Crippen MR) is 112 cm³/mol. The van der Waals surface area contributed by atoms with Gasteiger partial charge in [-0.1, -0.05) is 36.2 Å². The minimum atomic E-state index is -3.66. The van der Waals surface area contributed by atoms with E-state index in [9.17, 15) is 13.2 Å². The van der Waals surface area contributed by atoms with Crippen LogP contribution in [0.5, 0.6) is 5.75 Å². The number of carbonyl (C=O) groups excluding carboxylic acids is 1. The fourth-order valence-electron chi connectivity index (χ4n) is 3.57. The third-order valence-corrected chi connectivity index (χ3v) is 7.24. The normalized spacial score (nSPS) is 17.7. The molecule has 0 spiro atoms. The lowest BCUT2D eigenvalue weighted by molar-refractivity contribution is -0.122. The van der Waals surface area contributed by atoms with Crippen LogP contribution in [0.25, 0.3) is 0 Å². The van der Waals surface area contributed by atoms with Gasteiger partial charge in [-0.2, -0.15) is 4.31 Å². The van der Waals surface area contributed by atoms with Crippen molar-refractivity contribution in [3.63, 3.8) is 0 Å². The molecular formula is C22H28N2O4S. The van der Waals surface area contributed by atoms with Crippen LogP contribution in [0.3, 0.4) is 0 Å². The number of rotatable bonds is 7. The lowest BCUT2D eigenvalue weighted by atomic mass is 10.0. The summed E-state index contributed by atoms with van der Waals surface area (Å²) in [7, 11) is -2.11. The zero-order valence-electron chi connectivity index (χ0n) is 16.9. The highest BCUT2D eigenvalue weighted by atomic mass is 32.2. The zero-order chi connectivity index (χ0) is 20.9. The molecule has 0 unspecified atom stereocenters. The summed E-state index contributed by atoms with van der Waals surface area (Å²) in [5, 5.41) is 2.92. The first-order chi connectivity index (χ1) is 13.9. The molecule has 156 valence electrons. The van der Waals surface area contributed by atoms with Crippen molar-refractivity contribution in [3.05, 3.63) is 59.7 Å². The van der Waals surface area contributed by atoms with Crippen molar-refractivity contribution < 1.29 is 17.9 Å². The Kier molecular flexibility index (Phi) is 6.92. The molecule has 1 aliphatic heterocycles. The lowest BCUT2D eigenvalue weighted by Crippen LogP contribution is -2.45. The number of ether oxygens (including phenoxy) is 1. The molecule has 0 radical (unpaired) electrons. The van der Waals surface area contributed by atoms with E-state index in [1.54, 1.807) is 31.4 Å². The van der Waals surface area contributed by atoms with Gasteiger partial charge in [0.1, 0.15) is 5.75 Å². The maximum absolute atomic E-state index is 13.1. The molecule has 7 heteroatoms. The third kappa shape index (κ3) is 5.36. The molecule has 6 nitrogen and oxygen atoms in total. The maximum Gasteiger partial charge on any atom is 0.243 e. The Bertz CT molecular complexity index is 924. The van der Waals surface area contributed by atoms with Crippen LogP contribution in [-0.4, -0.2) is 38.3 Å². The topological polar surface area (TPSA) is 75.7 Å². The van der Waals surface area contributed by atoms with E-state index in [-0.39, 0.29) is 23.3 Å². The molecule has 1 saturated heterocycles. The Morgan fingerprint density at radius 3 is 2.45 bits per heavy atom. The summed E-state index contributed by atoms with van der Waals surface area (Å²) in [4.78, 5) is 12.7. The molecule has 29 heavy (non-hydrogen) atoms. The van der Waals surface area contributed by atoms with Crippen LogP contribution >= 0.6 is 0 Å². The van der Waals surface area contributed by atoms with Crippen LogP contribution < -0.4 is 10.1 Å². The van der Waals surface area contributed by atoms with Gasteiger partial charge in [0.2, 0.25) is 15.9 Å². The van der Waals surface area contributed by atoms with Crippen molar-refractivity contribution in [2.45, 2.75) is 50.1 Å². The molecule has 1 amide bonds. The number of aryl methyl sites for hydroxylation is 1. The molecule has 0 bridgehead atoms. The predicted octanol–water partition coefficient (Wildman–Crippen LogP) is 3.25. The van der Waals surface area contributed by atoms with E-state index in [1.165, 1.54) is 9.87 Å². The van der Waals surface area contributed by atoms with Crippen LogP contribution in [-0.2, 0) is 21.4 Å². The minimum Gasteiger partial charge on any atom is -0.497 e. The molecule has 1 atom stereocenters. The Labute approximate surface area is 172 Å². The fourth-order valence-corrected chi connectivity index (χ4v) is 5.26. The van der Waals surface area contributed by atoms with E-state index in [4.69, 9.17) is 4.74 Å². The molecule has 1 N–H and O–H groups in total. The second-order valence-corrected chi connectivity index (χ2v) is 9.30. The highest BCUT2D eigenvalue weighted by Gasteiger charge is 2.34. The molecule has 2 aromatic carbocycles. The van der Waals surface area contributed by atoms with E-state index in [2.05, 4.69) is 5.32 Å². The molecule has 0 aromatic heterocycles. The molecule has 3 rings (SSSR count). The summed E-state index contributed by atoms with van der Waals surface area (Å²) in [6, 6.07) is 14.0. The second kappa shape index (κ2) is 9.41. The number of piperidine rings is 1. The van der Waals surface area contributed by atoms with Gasteiger partial charge in [0.25, 0.3) is 0 Å². The third-order valence-electron chi connectivity index (χ3n) is 5.27. The standard InChI is InChI=1S/C22H28N2O4S/c1-17-6-8-18(9-7-17)16-23-22(25)15-19-5-3-4-14-24(19)29(26,27)21-12-10-20(28-2)11-13-21/h6-13,19H,3-5,14-16H2,1-2H3,(H,23,25)/t19-/m1/s1. The summed E-state index contributed by atoms with van der Waals surface area (Å²) in [5.41, 5.74) is 2.19. The molecule has 1 aliphatic rings. The van der Waals surface area contributed by atoms with Crippen LogP contribution in [0.2, 0.25) is 0 Å². The molecular weight excluding hydrogens is 388 g/mol. The Morgan fingerprint density at radius 1 is 1.10 bits per heavy atom. The van der Waals surface area contributed by atoms with Gasteiger partial charge in [0, 0.05) is 25.6 Å². The Balaban J connectivity index is 1.66. The number of methoxy groups -OCH3 is 1. The van der Waals surface area contributed by atoms with E-state index in [0.717, 1.165) is 18.4 Å². The van der Waals surface area contributed by atoms with Crippen LogP contribution in [0.1, 0.15) is 36.8 Å². The first-order valence-corrected chi connectivity index (χ1v) is 11.3.